The van der Waals surface area contributed by atoms with Crippen molar-refractivity contribution in [1.82, 2.24) is 9.80 Å². The Hall–Kier alpha value is -1.75. The molecule has 1 heterocycles. The highest BCUT2D eigenvalue weighted by Gasteiger charge is 2.35. The smallest absolute Gasteiger partial charge is 0.255 e. The second-order valence-corrected chi connectivity index (χ2v) is 6.04. The lowest BCUT2D eigenvalue weighted by Crippen LogP contribution is -2.51. The number of benzene rings is 1. The van der Waals surface area contributed by atoms with E-state index in [1.54, 1.807) is 23.1 Å². The number of piperazine rings is 1. The minimum Gasteiger partial charge on any atom is -0.399 e. The molecule has 1 aromatic carbocycles. The summed E-state index contributed by atoms with van der Waals surface area (Å²) in [5.41, 5.74) is 6.66. The van der Waals surface area contributed by atoms with Crippen LogP contribution >= 0.6 is 11.6 Å². The van der Waals surface area contributed by atoms with Crippen LogP contribution < -0.4 is 5.73 Å². The average molecular weight is 308 g/mol. The second kappa shape index (κ2) is 5.56. The molecule has 21 heavy (non-hydrogen) atoms. The molecule has 3 rings (SSSR count). The highest BCUT2D eigenvalue weighted by molar-refractivity contribution is 6.34. The molecule has 1 saturated carbocycles. The van der Waals surface area contributed by atoms with Crippen molar-refractivity contribution >= 4 is 29.1 Å². The van der Waals surface area contributed by atoms with Gasteiger partial charge in [0.2, 0.25) is 5.91 Å². The number of nitrogens with zero attached hydrogens (tertiary/aromatic N) is 2. The van der Waals surface area contributed by atoms with Gasteiger partial charge in [-0.2, -0.15) is 0 Å². The Morgan fingerprint density at radius 1 is 1.10 bits per heavy atom. The molecule has 6 heteroatoms. The lowest BCUT2D eigenvalue weighted by Gasteiger charge is -2.35. The number of nitrogen functional groups attached to an aromatic ring is 1. The Balaban J connectivity index is 1.64. The quantitative estimate of drug-likeness (QED) is 0.844. The first-order chi connectivity index (χ1) is 10.1. The van der Waals surface area contributed by atoms with E-state index in [4.69, 9.17) is 17.3 Å². The first-order valence-corrected chi connectivity index (χ1v) is 7.57. The van der Waals surface area contributed by atoms with Gasteiger partial charge in [0, 0.05) is 37.8 Å². The van der Waals surface area contributed by atoms with Crippen LogP contribution in [0.1, 0.15) is 23.2 Å². The number of amides is 2. The van der Waals surface area contributed by atoms with Crippen LogP contribution in [-0.2, 0) is 4.79 Å². The number of rotatable bonds is 2. The van der Waals surface area contributed by atoms with Crippen molar-refractivity contribution in [2.45, 2.75) is 12.8 Å². The molecule has 1 aromatic rings. The molecule has 1 aliphatic carbocycles. The van der Waals surface area contributed by atoms with Gasteiger partial charge in [-0.25, -0.2) is 0 Å². The van der Waals surface area contributed by atoms with Crippen LogP contribution in [0.4, 0.5) is 5.69 Å². The van der Waals surface area contributed by atoms with E-state index < -0.39 is 0 Å². The number of nitrogens with two attached hydrogens (primary N) is 1. The zero-order chi connectivity index (χ0) is 15.0. The standard InChI is InChI=1S/C15H18ClN3O2/c16-13-4-3-11(17)9-12(13)15(21)19-7-5-18(6-8-19)14(20)10-1-2-10/h3-4,9-10H,1-2,5-8,17H2. The van der Waals surface area contributed by atoms with Crippen LogP contribution in [0.2, 0.25) is 5.02 Å². The fourth-order valence-corrected chi connectivity index (χ4v) is 2.79. The van der Waals surface area contributed by atoms with E-state index in [1.807, 2.05) is 4.90 Å². The molecule has 0 aromatic heterocycles. The van der Waals surface area contributed by atoms with E-state index in [-0.39, 0.29) is 17.7 Å². The normalized spacial score (nSPS) is 18.7. The number of hydrogen-bond donors (Lipinski definition) is 1. The van der Waals surface area contributed by atoms with Gasteiger partial charge in [0.05, 0.1) is 10.6 Å². The van der Waals surface area contributed by atoms with Gasteiger partial charge >= 0.3 is 0 Å². The molecule has 2 aliphatic rings. The summed E-state index contributed by atoms with van der Waals surface area (Å²) in [5.74, 6) is 0.352. The van der Waals surface area contributed by atoms with E-state index >= 15 is 0 Å². The molecule has 0 spiro atoms. The molecule has 2 fully saturated rings. The molecule has 0 atom stereocenters. The summed E-state index contributed by atoms with van der Waals surface area (Å²) in [6, 6.07) is 4.91. The van der Waals surface area contributed by atoms with Crippen molar-refractivity contribution in [2.75, 3.05) is 31.9 Å². The Kier molecular flexibility index (Phi) is 3.76. The molecular weight excluding hydrogens is 290 g/mol. The van der Waals surface area contributed by atoms with Gasteiger partial charge < -0.3 is 15.5 Å². The van der Waals surface area contributed by atoms with Crippen LogP contribution in [0.3, 0.4) is 0 Å². The van der Waals surface area contributed by atoms with Crippen LogP contribution in [0.25, 0.3) is 0 Å². The zero-order valence-corrected chi connectivity index (χ0v) is 12.5. The average Bonchev–Trinajstić information content (AvgIpc) is 3.33. The molecule has 0 unspecified atom stereocenters. The molecule has 112 valence electrons. The van der Waals surface area contributed by atoms with Gasteiger partial charge in [-0.05, 0) is 31.0 Å². The maximum absolute atomic E-state index is 12.5. The topological polar surface area (TPSA) is 66.6 Å². The molecule has 2 amide bonds. The predicted octanol–water partition coefficient (Wildman–Crippen LogP) is 1.62. The summed E-state index contributed by atoms with van der Waals surface area (Å²) in [7, 11) is 0. The maximum atomic E-state index is 12.5. The molecule has 1 saturated heterocycles. The van der Waals surface area contributed by atoms with Gasteiger partial charge in [-0.1, -0.05) is 11.6 Å². The number of halogens is 1. The Morgan fingerprint density at radius 3 is 2.33 bits per heavy atom. The van der Waals surface area contributed by atoms with E-state index in [0.717, 1.165) is 12.8 Å². The third kappa shape index (κ3) is 2.97. The summed E-state index contributed by atoms with van der Waals surface area (Å²) in [4.78, 5) is 28.1. The van der Waals surface area contributed by atoms with Gasteiger partial charge in [-0.15, -0.1) is 0 Å². The Bertz CT molecular complexity index is 578. The van der Waals surface area contributed by atoms with E-state index in [0.29, 0.717) is 42.5 Å². The predicted molar refractivity (Wildman–Crippen MR) is 81.1 cm³/mol. The first-order valence-electron chi connectivity index (χ1n) is 7.19. The summed E-state index contributed by atoms with van der Waals surface area (Å²) < 4.78 is 0. The van der Waals surface area contributed by atoms with Crippen LogP contribution in [-0.4, -0.2) is 47.8 Å². The summed E-state index contributed by atoms with van der Waals surface area (Å²) in [5, 5.41) is 0.408. The van der Waals surface area contributed by atoms with E-state index in [9.17, 15) is 9.59 Å². The fraction of sp³-hybridized carbons (Fsp3) is 0.467. The van der Waals surface area contributed by atoms with Crippen LogP contribution in [0.15, 0.2) is 18.2 Å². The largest absolute Gasteiger partial charge is 0.399 e. The highest BCUT2D eigenvalue weighted by atomic mass is 35.5. The van der Waals surface area contributed by atoms with Crippen molar-refractivity contribution in [3.05, 3.63) is 28.8 Å². The van der Waals surface area contributed by atoms with Crippen molar-refractivity contribution in [3.8, 4) is 0 Å². The summed E-state index contributed by atoms with van der Waals surface area (Å²) in [6.45, 7) is 2.28. The Labute approximate surface area is 128 Å². The van der Waals surface area contributed by atoms with E-state index in [2.05, 4.69) is 0 Å². The molecular formula is C15H18ClN3O2. The van der Waals surface area contributed by atoms with Gasteiger partial charge in [-0.3, -0.25) is 9.59 Å². The first kappa shape index (κ1) is 14.2. The summed E-state index contributed by atoms with van der Waals surface area (Å²) >= 11 is 6.07. The zero-order valence-electron chi connectivity index (χ0n) is 11.7. The highest BCUT2D eigenvalue weighted by Crippen LogP contribution is 2.31. The molecule has 0 radical (unpaired) electrons. The van der Waals surface area contributed by atoms with Crippen LogP contribution in [0, 0.1) is 5.92 Å². The monoisotopic (exact) mass is 307 g/mol. The van der Waals surface area contributed by atoms with Crippen molar-refractivity contribution in [1.29, 1.82) is 0 Å². The lowest BCUT2D eigenvalue weighted by atomic mass is 10.1. The minimum absolute atomic E-state index is 0.120. The number of carbonyl (C=O) groups excluding carboxylic acids is 2. The van der Waals surface area contributed by atoms with Gasteiger partial charge in [0.1, 0.15) is 0 Å². The summed E-state index contributed by atoms with van der Waals surface area (Å²) in [6.07, 6.45) is 2.02. The van der Waals surface area contributed by atoms with Gasteiger partial charge in [0.25, 0.3) is 5.91 Å². The van der Waals surface area contributed by atoms with Crippen molar-refractivity contribution < 1.29 is 9.59 Å². The Morgan fingerprint density at radius 2 is 1.71 bits per heavy atom. The lowest BCUT2D eigenvalue weighted by molar-refractivity contribution is -0.134. The molecule has 2 N–H and O–H groups in total. The maximum Gasteiger partial charge on any atom is 0.255 e. The SMILES string of the molecule is Nc1ccc(Cl)c(C(=O)N2CCN(C(=O)C3CC3)CC2)c1. The number of anilines is 1. The van der Waals surface area contributed by atoms with Crippen molar-refractivity contribution in [3.63, 3.8) is 0 Å². The molecule has 1 aliphatic heterocycles. The number of carbonyl (C=O) groups is 2. The molecule has 5 nitrogen and oxygen atoms in total. The molecule has 0 bridgehead atoms. The van der Waals surface area contributed by atoms with E-state index in [1.165, 1.54) is 0 Å². The minimum atomic E-state index is -0.120. The van der Waals surface area contributed by atoms with Crippen LogP contribution in [0.5, 0.6) is 0 Å². The van der Waals surface area contributed by atoms with Gasteiger partial charge in [0.15, 0.2) is 0 Å². The number of hydrogen-bond acceptors (Lipinski definition) is 3. The third-order valence-corrected chi connectivity index (χ3v) is 4.36. The van der Waals surface area contributed by atoms with Crippen molar-refractivity contribution in [2.24, 2.45) is 5.92 Å². The fourth-order valence-electron chi connectivity index (χ4n) is 2.60. The third-order valence-electron chi connectivity index (χ3n) is 4.03. The second-order valence-electron chi connectivity index (χ2n) is 5.63.